The molecule has 1 aliphatic rings. The van der Waals surface area contributed by atoms with E-state index in [4.69, 9.17) is 9.47 Å². The smallest absolute Gasteiger partial charge is 0.335 e. The quantitative estimate of drug-likeness (QED) is 0.576. The van der Waals surface area contributed by atoms with Gasteiger partial charge in [0.15, 0.2) is 0 Å². The fraction of sp³-hybridized carbons (Fsp3) is 0.150. The molecular formula is C20H17BrN2O5. The van der Waals surface area contributed by atoms with Gasteiger partial charge in [0.2, 0.25) is 0 Å². The van der Waals surface area contributed by atoms with E-state index in [2.05, 4.69) is 21.2 Å². The van der Waals surface area contributed by atoms with Crippen LogP contribution in [0.15, 0.2) is 46.4 Å². The first-order valence-electron chi connectivity index (χ1n) is 8.25. The number of rotatable bonds is 4. The predicted octanol–water partition coefficient (Wildman–Crippen LogP) is 3.44. The number of carbonyl (C=O) groups excluding carboxylic acids is 3. The molecule has 0 aromatic heterocycles. The van der Waals surface area contributed by atoms with Crippen molar-refractivity contribution in [1.29, 1.82) is 0 Å². The summed E-state index contributed by atoms with van der Waals surface area (Å²) in [5.41, 5.74) is 1.53. The summed E-state index contributed by atoms with van der Waals surface area (Å²) in [6.07, 6.45) is 1.39. The van der Waals surface area contributed by atoms with Crippen molar-refractivity contribution in [3.63, 3.8) is 0 Å². The Morgan fingerprint density at radius 3 is 2.43 bits per heavy atom. The molecule has 1 aliphatic heterocycles. The number of nitrogens with one attached hydrogen (secondary N) is 1. The predicted molar refractivity (Wildman–Crippen MR) is 107 cm³/mol. The van der Waals surface area contributed by atoms with Gasteiger partial charge in [-0.3, -0.25) is 14.9 Å². The molecule has 2 aromatic rings. The summed E-state index contributed by atoms with van der Waals surface area (Å²) >= 11 is 3.38. The van der Waals surface area contributed by atoms with E-state index in [0.717, 1.165) is 14.9 Å². The van der Waals surface area contributed by atoms with Crippen LogP contribution in [0.2, 0.25) is 0 Å². The molecule has 0 saturated carbocycles. The lowest BCUT2D eigenvalue weighted by Crippen LogP contribution is -2.54. The topological polar surface area (TPSA) is 84.9 Å². The fourth-order valence-electron chi connectivity index (χ4n) is 2.75. The number of nitrogens with zero attached hydrogens (tertiary/aromatic N) is 1. The largest absolute Gasteiger partial charge is 0.497 e. The monoisotopic (exact) mass is 444 g/mol. The van der Waals surface area contributed by atoms with E-state index in [0.29, 0.717) is 22.7 Å². The number of methoxy groups -OCH3 is 2. The maximum atomic E-state index is 13.0. The third-order valence-corrected chi connectivity index (χ3v) is 5.13. The molecule has 1 heterocycles. The van der Waals surface area contributed by atoms with Crippen molar-refractivity contribution in [2.24, 2.45) is 0 Å². The molecule has 0 atom stereocenters. The minimum absolute atomic E-state index is 0.177. The van der Waals surface area contributed by atoms with E-state index in [1.54, 1.807) is 36.4 Å². The summed E-state index contributed by atoms with van der Waals surface area (Å²) in [7, 11) is 2.99. The van der Waals surface area contributed by atoms with Gasteiger partial charge in [-0.05, 0) is 48.9 Å². The van der Waals surface area contributed by atoms with Gasteiger partial charge in [-0.25, -0.2) is 9.69 Å². The van der Waals surface area contributed by atoms with Crippen molar-refractivity contribution >= 4 is 45.5 Å². The zero-order chi connectivity index (χ0) is 20.4. The van der Waals surface area contributed by atoms with Crippen LogP contribution in [-0.2, 0) is 9.59 Å². The number of ether oxygens (including phenoxy) is 2. The van der Waals surface area contributed by atoms with Gasteiger partial charge in [0.05, 0.1) is 19.9 Å². The highest BCUT2D eigenvalue weighted by Gasteiger charge is 2.37. The Morgan fingerprint density at radius 2 is 1.79 bits per heavy atom. The number of benzene rings is 2. The summed E-state index contributed by atoms with van der Waals surface area (Å²) in [5, 5.41) is 2.20. The van der Waals surface area contributed by atoms with Crippen molar-refractivity contribution in [3.05, 3.63) is 57.6 Å². The third kappa shape index (κ3) is 3.63. The number of imide groups is 2. The minimum Gasteiger partial charge on any atom is -0.497 e. The SMILES string of the molecule is COc1ccc(/C=C2/C(=O)NC(=O)N(c3ccc(Br)c(C)c3)C2=O)c(OC)c1. The molecular weight excluding hydrogens is 428 g/mol. The Morgan fingerprint density at radius 1 is 1.04 bits per heavy atom. The Balaban J connectivity index is 2.05. The number of amides is 4. The molecule has 0 aliphatic carbocycles. The van der Waals surface area contributed by atoms with E-state index in [1.165, 1.54) is 20.3 Å². The van der Waals surface area contributed by atoms with Crippen LogP contribution >= 0.6 is 15.9 Å². The molecule has 0 bridgehead atoms. The van der Waals surface area contributed by atoms with E-state index >= 15 is 0 Å². The number of hydrogen-bond acceptors (Lipinski definition) is 5. The molecule has 7 nitrogen and oxygen atoms in total. The average Bonchev–Trinajstić information content (AvgIpc) is 2.67. The fourth-order valence-corrected chi connectivity index (χ4v) is 3.00. The molecule has 4 amide bonds. The number of aryl methyl sites for hydroxylation is 1. The van der Waals surface area contributed by atoms with E-state index in [1.807, 2.05) is 6.92 Å². The van der Waals surface area contributed by atoms with Gasteiger partial charge in [-0.15, -0.1) is 0 Å². The summed E-state index contributed by atoms with van der Waals surface area (Å²) in [6, 6.07) is 9.22. The van der Waals surface area contributed by atoms with Crippen molar-refractivity contribution < 1.29 is 23.9 Å². The standard InChI is InChI=1S/C20H17BrN2O5/c1-11-8-13(5-7-16(11)21)23-19(25)15(18(24)22-20(23)26)9-12-4-6-14(27-2)10-17(12)28-3/h4-10H,1-3H3,(H,22,24,26)/b15-9-. The summed E-state index contributed by atoms with van der Waals surface area (Å²) in [4.78, 5) is 38.5. The molecule has 8 heteroatoms. The van der Waals surface area contributed by atoms with Crippen LogP contribution in [-0.4, -0.2) is 32.1 Å². The lowest BCUT2D eigenvalue weighted by atomic mass is 10.1. The van der Waals surface area contributed by atoms with Crippen molar-refractivity contribution in [2.75, 3.05) is 19.1 Å². The van der Waals surface area contributed by atoms with Gasteiger partial charge in [0.1, 0.15) is 17.1 Å². The first-order chi connectivity index (χ1) is 13.3. The number of urea groups is 1. The highest BCUT2D eigenvalue weighted by molar-refractivity contribution is 9.10. The van der Waals surface area contributed by atoms with Crippen LogP contribution < -0.4 is 19.7 Å². The number of halogens is 1. The third-order valence-electron chi connectivity index (χ3n) is 4.24. The molecule has 3 rings (SSSR count). The van der Waals surface area contributed by atoms with E-state index < -0.39 is 17.8 Å². The van der Waals surface area contributed by atoms with Crippen LogP contribution in [0.5, 0.6) is 11.5 Å². The second kappa shape index (κ2) is 7.85. The number of anilines is 1. The van der Waals surface area contributed by atoms with Gasteiger partial charge >= 0.3 is 6.03 Å². The maximum Gasteiger partial charge on any atom is 0.335 e. The minimum atomic E-state index is -0.796. The maximum absolute atomic E-state index is 13.0. The Hall–Kier alpha value is -3.13. The number of barbiturate groups is 1. The molecule has 0 radical (unpaired) electrons. The Labute approximate surface area is 170 Å². The van der Waals surface area contributed by atoms with Gasteiger partial charge in [0.25, 0.3) is 11.8 Å². The molecule has 144 valence electrons. The van der Waals surface area contributed by atoms with Crippen LogP contribution in [0.4, 0.5) is 10.5 Å². The molecule has 1 fully saturated rings. The highest BCUT2D eigenvalue weighted by Crippen LogP contribution is 2.29. The zero-order valence-corrected chi connectivity index (χ0v) is 17.0. The molecule has 2 aromatic carbocycles. The van der Waals surface area contributed by atoms with Crippen molar-refractivity contribution in [2.45, 2.75) is 6.92 Å². The van der Waals surface area contributed by atoms with Gasteiger partial charge in [-0.2, -0.15) is 0 Å². The highest BCUT2D eigenvalue weighted by atomic mass is 79.9. The normalized spacial score (nSPS) is 15.6. The van der Waals surface area contributed by atoms with Crippen molar-refractivity contribution in [1.82, 2.24) is 5.32 Å². The zero-order valence-electron chi connectivity index (χ0n) is 15.4. The van der Waals surface area contributed by atoms with Crippen LogP contribution in [0.3, 0.4) is 0 Å². The molecule has 1 N–H and O–H groups in total. The second-order valence-electron chi connectivity index (χ2n) is 6.00. The van der Waals surface area contributed by atoms with Gasteiger partial charge in [-0.1, -0.05) is 15.9 Å². The second-order valence-corrected chi connectivity index (χ2v) is 6.85. The first-order valence-corrected chi connectivity index (χ1v) is 9.04. The van der Waals surface area contributed by atoms with E-state index in [-0.39, 0.29) is 5.57 Å². The molecule has 1 saturated heterocycles. The summed E-state index contributed by atoms with van der Waals surface area (Å²) in [5.74, 6) is -0.484. The number of hydrogen-bond donors (Lipinski definition) is 1. The lowest BCUT2D eigenvalue weighted by molar-refractivity contribution is -0.122. The first kappa shape index (κ1) is 19.6. The Kier molecular flexibility index (Phi) is 5.51. The summed E-state index contributed by atoms with van der Waals surface area (Å²) in [6.45, 7) is 1.84. The van der Waals surface area contributed by atoms with Gasteiger partial charge in [0, 0.05) is 16.1 Å². The molecule has 28 heavy (non-hydrogen) atoms. The van der Waals surface area contributed by atoms with E-state index in [9.17, 15) is 14.4 Å². The van der Waals surface area contributed by atoms with Gasteiger partial charge < -0.3 is 9.47 Å². The number of carbonyl (C=O) groups is 3. The van der Waals surface area contributed by atoms with Crippen LogP contribution in [0, 0.1) is 6.92 Å². The average molecular weight is 445 g/mol. The Bertz CT molecular complexity index is 1020. The summed E-state index contributed by atoms with van der Waals surface area (Å²) < 4.78 is 11.3. The lowest BCUT2D eigenvalue weighted by Gasteiger charge is -2.26. The van der Waals surface area contributed by atoms with Crippen LogP contribution in [0.25, 0.3) is 6.08 Å². The molecule has 0 unspecified atom stereocenters. The molecule has 0 spiro atoms. The van der Waals surface area contributed by atoms with Crippen LogP contribution in [0.1, 0.15) is 11.1 Å². The van der Waals surface area contributed by atoms with Crippen molar-refractivity contribution in [3.8, 4) is 11.5 Å².